The van der Waals surface area contributed by atoms with Crippen molar-refractivity contribution in [2.24, 2.45) is 0 Å². The van der Waals surface area contributed by atoms with Gasteiger partial charge in [0.25, 0.3) is 0 Å². The lowest BCUT2D eigenvalue weighted by Crippen LogP contribution is -2.05. The van der Waals surface area contributed by atoms with Crippen molar-refractivity contribution in [1.82, 2.24) is 15.0 Å². The van der Waals surface area contributed by atoms with Crippen molar-refractivity contribution >= 4 is 0 Å². The van der Waals surface area contributed by atoms with Gasteiger partial charge in [0.1, 0.15) is 11.9 Å². The first-order valence-electron chi connectivity index (χ1n) is 5.12. The van der Waals surface area contributed by atoms with Crippen LogP contribution in [0, 0.1) is 6.92 Å². The van der Waals surface area contributed by atoms with Crippen LogP contribution in [0.15, 0.2) is 36.8 Å². The number of aliphatic hydroxyl groups is 1. The molecular weight excluding hydrogens is 202 g/mol. The molecule has 0 aliphatic heterocycles. The molecule has 0 aliphatic carbocycles. The second-order valence-electron chi connectivity index (χ2n) is 3.60. The molecule has 1 N–H and O–H groups in total. The zero-order valence-electron chi connectivity index (χ0n) is 9.04. The van der Waals surface area contributed by atoms with Gasteiger partial charge in [-0.15, -0.1) is 0 Å². The van der Waals surface area contributed by atoms with Crippen LogP contribution in [0.1, 0.15) is 23.2 Å². The maximum absolute atomic E-state index is 9.99. The van der Waals surface area contributed by atoms with Crippen LogP contribution in [0.25, 0.3) is 0 Å². The highest BCUT2D eigenvalue weighted by molar-refractivity contribution is 5.14. The summed E-state index contributed by atoms with van der Waals surface area (Å²) in [7, 11) is 0. The molecule has 0 aliphatic rings. The largest absolute Gasteiger partial charge is 0.386 e. The topological polar surface area (TPSA) is 58.9 Å². The average molecular weight is 215 g/mol. The fourth-order valence-corrected chi connectivity index (χ4v) is 1.51. The summed E-state index contributed by atoms with van der Waals surface area (Å²) < 4.78 is 0. The van der Waals surface area contributed by atoms with E-state index in [0.717, 1.165) is 5.56 Å². The van der Waals surface area contributed by atoms with Gasteiger partial charge in [0, 0.05) is 25.0 Å². The second-order valence-corrected chi connectivity index (χ2v) is 3.60. The van der Waals surface area contributed by atoms with E-state index in [1.807, 2.05) is 19.1 Å². The predicted molar refractivity (Wildman–Crippen MR) is 59.7 cm³/mol. The third-order valence-electron chi connectivity index (χ3n) is 2.32. The van der Waals surface area contributed by atoms with Crippen LogP contribution in [0.3, 0.4) is 0 Å². The summed E-state index contributed by atoms with van der Waals surface area (Å²) in [6, 6.07) is 5.51. The van der Waals surface area contributed by atoms with E-state index in [2.05, 4.69) is 15.0 Å². The summed E-state index contributed by atoms with van der Waals surface area (Å²) in [4.78, 5) is 12.1. The smallest absolute Gasteiger partial charge is 0.125 e. The third kappa shape index (κ3) is 2.61. The van der Waals surface area contributed by atoms with Crippen LogP contribution in [-0.4, -0.2) is 20.1 Å². The number of hydrogen-bond acceptors (Lipinski definition) is 4. The van der Waals surface area contributed by atoms with E-state index in [4.69, 9.17) is 0 Å². The zero-order valence-corrected chi connectivity index (χ0v) is 9.04. The Labute approximate surface area is 94.0 Å². The molecule has 0 radical (unpaired) electrons. The maximum atomic E-state index is 9.99. The lowest BCUT2D eigenvalue weighted by atomic mass is 10.1. The molecule has 2 rings (SSSR count). The van der Waals surface area contributed by atoms with Gasteiger partial charge in [-0.3, -0.25) is 4.98 Å². The summed E-state index contributed by atoms with van der Waals surface area (Å²) in [5, 5.41) is 9.99. The van der Waals surface area contributed by atoms with Crippen LogP contribution < -0.4 is 0 Å². The summed E-state index contributed by atoms with van der Waals surface area (Å²) in [6.07, 6.45) is 5.04. The van der Waals surface area contributed by atoms with E-state index in [1.54, 1.807) is 24.7 Å². The molecule has 0 fully saturated rings. The summed E-state index contributed by atoms with van der Waals surface area (Å²) in [5.74, 6) is 0.672. The Morgan fingerprint density at radius 3 is 2.62 bits per heavy atom. The first-order valence-corrected chi connectivity index (χ1v) is 5.12. The number of hydrogen-bond donors (Lipinski definition) is 1. The molecular formula is C12H13N3O. The Hall–Kier alpha value is -1.81. The van der Waals surface area contributed by atoms with E-state index in [1.165, 1.54) is 0 Å². The average Bonchev–Trinajstić information content (AvgIpc) is 2.30. The molecule has 0 bridgehead atoms. The highest BCUT2D eigenvalue weighted by atomic mass is 16.3. The predicted octanol–water partition coefficient (Wildman–Crippen LogP) is 1.46. The van der Waals surface area contributed by atoms with Crippen molar-refractivity contribution in [3.8, 4) is 0 Å². The van der Waals surface area contributed by atoms with Crippen molar-refractivity contribution in [3.63, 3.8) is 0 Å². The van der Waals surface area contributed by atoms with E-state index in [9.17, 15) is 5.11 Å². The molecule has 1 atom stereocenters. The highest BCUT2D eigenvalue weighted by Gasteiger charge is 2.10. The lowest BCUT2D eigenvalue weighted by Gasteiger charge is -2.09. The fourth-order valence-electron chi connectivity index (χ4n) is 1.51. The Morgan fingerprint density at radius 1 is 1.19 bits per heavy atom. The van der Waals surface area contributed by atoms with Crippen molar-refractivity contribution in [1.29, 1.82) is 0 Å². The SMILES string of the molecule is Cc1nccc(C(O)Cc2ccncc2)n1. The van der Waals surface area contributed by atoms with Gasteiger partial charge in [-0.2, -0.15) is 0 Å². The van der Waals surface area contributed by atoms with Gasteiger partial charge in [0.05, 0.1) is 5.69 Å². The Balaban J connectivity index is 2.12. The Bertz CT molecular complexity index is 459. The first-order chi connectivity index (χ1) is 7.75. The van der Waals surface area contributed by atoms with Crippen LogP contribution >= 0.6 is 0 Å². The molecule has 4 heteroatoms. The van der Waals surface area contributed by atoms with Crippen LogP contribution in [0.2, 0.25) is 0 Å². The zero-order chi connectivity index (χ0) is 11.4. The van der Waals surface area contributed by atoms with E-state index in [-0.39, 0.29) is 0 Å². The van der Waals surface area contributed by atoms with Gasteiger partial charge in [0.15, 0.2) is 0 Å². The van der Waals surface area contributed by atoms with Gasteiger partial charge in [0.2, 0.25) is 0 Å². The van der Waals surface area contributed by atoms with Crippen LogP contribution in [0.4, 0.5) is 0 Å². The molecule has 2 aromatic rings. The number of aromatic nitrogens is 3. The molecule has 0 amide bonds. The maximum Gasteiger partial charge on any atom is 0.125 e. The minimum atomic E-state index is -0.593. The van der Waals surface area contributed by atoms with Crippen molar-refractivity contribution in [3.05, 3.63) is 53.9 Å². The molecule has 1 unspecified atom stereocenters. The molecule has 16 heavy (non-hydrogen) atoms. The summed E-state index contributed by atoms with van der Waals surface area (Å²) >= 11 is 0. The van der Waals surface area contributed by atoms with Crippen molar-refractivity contribution < 1.29 is 5.11 Å². The lowest BCUT2D eigenvalue weighted by molar-refractivity contribution is 0.173. The number of aryl methyl sites for hydroxylation is 1. The standard InChI is InChI=1S/C12H13N3O/c1-9-14-7-4-11(15-9)12(16)8-10-2-5-13-6-3-10/h2-7,12,16H,8H2,1H3. The summed E-state index contributed by atoms with van der Waals surface area (Å²) in [5.41, 5.74) is 1.70. The number of pyridine rings is 1. The van der Waals surface area contributed by atoms with Gasteiger partial charge in [-0.05, 0) is 30.7 Å². The molecule has 0 spiro atoms. The Morgan fingerprint density at radius 2 is 1.94 bits per heavy atom. The van der Waals surface area contributed by atoms with E-state index >= 15 is 0 Å². The molecule has 0 saturated carbocycles. The fraction of sp³-hybridized carbons (Fsp3) is 0.250. The quantitative estimate of drug-likeness (QED) is 0.842. The van der Waals surface area contributed by atoms with Gasteiger partial charge >= 0.3 is 0 Å². The van der Waals surface area contributed by atoms with Crippen molar-refractivity contribution in [2.75, 3.05) is 0 Å². The van der Waals surface area contributed by atoms with Crippen LogP contribution in [-0.2, 0) is 6.42 Å². The molecule has 0 aromatic carbocycles. The van der Waals surface area contributed by atoms with Gasteiger partial charge in [-0.25, -0.2) is 9.97 Å². The summed E-state index contributed by atoms with van der Waals surface area (Å²) in [6.45, 7) is 1.81. The van der Waals surface area contributed by atoms with Gasteiger partial charge < -0.3 is 5.11 Å². The minimum absolute atomic E-state index is 0.541. The monoisotopic (exact) mass is 215 g/mol. The normalized spacial score (nSPS) is 12.4. The van der Waals surface area contributed by atoms with Crippen LogP contribution in [0.5, 0.6) is 0 Å². The van der Waals surface area contributed by atoms with Crippen molar-refractivity contribution in [2.45, 2.75) is 19.4 Å². The number of rotatable bonds is 3. The minimum Gasteiger partial charge on any atom is -0.386 e. The number of aliphatic hydroxyl groups excluding tert-OH is 1. The highest BCUT2D eigenvalue weighted by Crippen LogP contribution is 2.15. The molecule has 2 aromatic heterocycles. The Kier molecular flexibility index (Phi) is 3.22. The third-order valence-corrected chi connectivity index (χ3v) is 2.32. The molecule has 82 valence electrons. The van der Waals surface area contributed by atoms with E-state index in [0.29, 0.717) is 17.9 Å². The molecule has 4 nitrogen and oxygen atoms in total. The number of nitrogens with zero attached hydrogens (tertiary/aromatic N) is 3. The molecule has 2 heterocycles. The van der Waals surface area contributed by atoms with Gasteiger partial charge in [-0.1, -0.05) is 0 Å². The van der Waals surface area contributed by atoms with E-state index < -0.39 is 6.10 Å². The first kappa shape index (κ1) is 10.7. The second kappa shape index (κ2) is 4.81. The molecule has 0 saturated heterocycles.